The number of hydrogen-bond donors (Lipinski definition) is 1. The minimum absolute atomic E-state index is 0.383. The van der Waals surface area contributed by atoms with E-state index in [1.54, 1.807) is 18.2 Å². The van der Waals surface area contributed by atoms with Crippen molar-refractivity contribution in [3.8, 4) is 5.75 Å². The molecule has 70 valence electrons. The first-order valence-corrected chi connectivity index (χ1v) is 4.09. The van der Waals surface area contributed by atoms with Crippen LogP contribution in [-0.2, 0) is 4.74 Å². The Bertz CT molecular complexity index is 323. The monoisotopic (exact) mass is 198 g/mol. The smallest absolute Gasteiger partial charge is 0.337 e. The maximum absolute atomic E-state index is 11.1. The highest BCUT2D eigenvalue weighted by Crippen LogP contribution is 2.23. The van der Waals surface area contributed by atoms with Gasteiger partial charge in [-0.05, 0) is 18.2 Å². The Balaban J connectivity index is 3.06. The summed E-state index contributed by atoms with van der Waals surface area (Å²) in [5.41, 5.74) is 0.456. The van der Waals surface area contributed by atoms with Gasteiger partial charge < -0.3 is 9.47 Å². The van der Waals surface area contributed by atoms with Crippen LogP contribution < -0.4 is 4.74 Å². The van der Waals surface area contributed by atoms with Crippen LogP contribution in [0.1, 0.15) is 10.4 Å². The van der Waals surface area contributed by atoms with E-state index in [9.17, 15) is 4.79 Å². The van der Waals surface area contributed by atoms with Crippen LogP contribution in [0.15, 0.2) is 23.1 Å². The van der Waals surface area contributed by atoms with Crippen molar-refractivity contribution in [2.45, 2.75) is 4.90 Å². The minimum Gasteiger partial charge on any atom is -0.496 e. The zero-order valence-corrected chi connectivity index (χ0v) is 8.30. The van der Waals surface area contributed by atoms with E-state index >= 15 is 0 Å². The molecule has 0 saturated heterocycles. The third kappa shape index (κ3) is 2.15. The molecule has 0 fully saturated rings. The molecule has 4 heteroatoms. The second-order valence-electron chi connectivity index (χ2n) is 2.38. The topological polar surface area (TPSA) is 35.5 Å². The van der Waals surface area contributed by atoms with E-state index in [0.717, 1.165) is 0 Å². The highest BCUT2D eigenvalue weighted by atomic mass is 32.1. The van der Waals surface area contributed by atoms with Gasteiger partial charge >= 0.3 is 5.97 Å². The molecule has 0 saturated carbocycles. The fourth-order valence-electron chi connectivity index (χ4n) is 0.922. The molecule has 0 N–H and O–H groups in total. The molecule has 0 aromatic heterocycles. The van der Waals surface area contributed by atoms with E-state index in [4.69, 9.17) is 4.74 Å². The lowest BCUT2D eigenvalue weighted by Crippen LogP contribution is -2.01. The Morgan fingerprint density at radius 1 is 1.38 bits per heavy atom. The zero-order valence-electron chi connectivity index (χ0n) is 7.40. The highest BCUT2D eigenvalue weighted by Gasteiger charge is 2.07. The molecule has 0 atom stereocenters. The molecule has 0 heterocycles. The standard InChI is InChI=1S/C9H10O3S/c1-11-7-5-6(9(10)12-2)3-4-8(7)13/h3-5,13H,1-2H3. The van der Waals surface area contributed by atoms with Crippen molar-refractivity contribution in [3.05, 3.63) is 23.8 Å². The predicted molar refractivity (Wildman–Crippen MR) is 51.6 cm³/mol. The summed E-state index contributed by atoms with van der Waals surface area (Å²) in [6, 6.07) is 4.92. The number of hydrogen-bond acceptors (Lipinski definition) is 4. The predicted octanol–water partition coefficient (Wildman–Crippen LogP) is 1.77. The number of carbonyl (C=O) groups excluding carboxylic acids is 1. The molecule has 1 aromatic carbocycles. The average Bonchev–Trinajstić information content (AvgIpc) is 2.17. The van der Waals surface area contributed by atoms with Crippen molar-refractivity contribution in [1.82, 2.24) is 0 Å². The van der Waals surface area contributed by atoms with E-state index in [-0.39, 0.29) is 5.97 Å². The number of ether oxygens (including phenoxy) is 2. The van der Waals surface area contributed by atoms with Crippen LogP contribution in [0.2, 0.25) is 0 Å². The molecule has 0 amide bonds. The fourth-order valence-corrected chi connectivity index (χ4v) is 1.15. The molecular weight excluding hydrogens is 188 g/mol. The summed E-state index contributed by atoms with van der Waals surface area (Å²) in [5.74, 6) is 0.179. The lowest BCUT2D eigenvalue weighted by atomic mass is 10.2. The summed E-state index contributed by atoms with van der Waals surface area (Å²) in [6.45, 7) is 0. The summed E-state index contributed by atoms with van der Waals surface area (Å²) >= 11 is 4.15. The molecule has 3 nitrogen and oxygen atoms in total. The third-order valence-corrected chi connectivity index (χ3v) is 1.97. The zero-order chi connectivity index (χ0) is 9.84. The SMILES string of the molecule is COC(=O)c1ccc(S)c(OC)c1. The van der Waals surface area contributed by atoms with E-state index < -0.39 is 0 Å². The summed E-state index contributed by atoms with van der Waals surface area (Å²) in [5, 5.41) is 0. The van der Waals surface area contributed by atoms with Crippen LogP contribution >= 0.6 is 12.6 Å². The summed E-state index contributed by atoms with van der Waals surface area (Å²) < 4.78 is 9.55. The number of carbonyl (C=O) groups is 1. The minimum atomic E-state index is -0.383. The Kier molecular flexibility index (Phi) is 3.19. The molecule has 0 spiro atoms. The van der Waals surface area contributed by atoms with Gasteiger partial charge in [0.25, 0.3) is 0 Å². The normalized spacial score (nSPS) is 9.46. The molecule has 1 aromatic rings. The summed E-state index contributed by atoms with van der Waals surface area (Å²) in [4.78, 5) is 11.8. The number of benzene rings is 1. The summed E-state index contributed by atoms with van der Waals surface area (Å²) in [7, 11) is 2.86. The Morgan fingerprint density at radius 3 is 2.62 bits per heavy atom. The third-order valence-electron chi connectivity index (χ3n) is 1.60. The number of esters is 1. The van der Waals surface area contributed by atoms with E-state index in [2.05, 4.69) is 17.4 Å². The maximum Gasteiger partial charge on any atom is 0.337 e. The molecule has 1 rings (SSSR count). The molecular formula is C9H10O3S. The van der Waals surface area contributed by atoms with E-state index in [1.165, 1.54) is 14.2 Å². The molecule has 0 aliphatic heterocycles. The van der Waals surface area contributed by atoms with Gasteiger partial charge in [-0.25, -0.2) is 4.79 Å². The molecule has 0 unspecified atom stereocenters. The van der Waals surface area contributed by atoms with Crippen molar-refractivity contribution < 1.29 is 14.3 Å². The van der Waals surface area contributed by atoms with Gasteiger partial charge in [-0.3, -0.25) is 0 Å². The number of thiol groups is 1. The molecule has 0 aliphatic rings. The van der Waals surface area contributed by atoms with Crippen LogP contribution in [-0.4, -0.2) is 20.2 Å². The van der Waals surface area contributed by atoms with Gasteiger partial charge in [0.1, 0.15) is 5.75 Å². The van der Waals surface area contributed by atoms with Gasteiger partial charge in [-0.2, -0.15) is 0 Å². The second-order valence-corrected chi connectivity index (χ2v) is 2.86. The summed E-state index contributed by atoms with van der Waals surface area (Å²) in [6.07, 6.45) is 0. The van der Waals surface area contributed by atoms with E-state index in [1.807, 2.05) is 0 Å². The van der Waals surface area contributed by atoms with Crippen molar-refractivity contribution in [2.75, 3.05) is 14.2 Å². The van der Waals surface area contributed by atoms with Gasteiger partial charge in [0.15, 0.2) is 0 Å². The van der Waals surface area contributed by atoms with Crippen molar-refractivity contribution >= 4 is 18.6 Å². The number of rotatable bonds is 2. The van der Waals surface area contributed by atoms with Crippen molar-refractivity contribution in [1.29, 1.82) is 0 Å². The Hall–Kier alpha value is -1.16. The lowest BCUT2D eigenvalue weighted by molar-refractivity contribution is 0.0600. The van der Waals surface area contributed by atoms with Gasteiger partial charge in [0, 0.05) is 4.90 Å². The Labute approximate surface area is 82.1 Å². The second kappa shape index (κ2) is 4.18. The first-order valence-electron chi connectivity index (χ1n) is 3.64. The van der Waals surface area contributed by atoms with Crippen LogP contribution in [0.25, 0.3) is 0 Å². The van der Waals surface area contributed by atoms with Crippen LogP contribution in [0, 0.1) is 0 Å². The van der Waals surface area contributed by atoms with Gasteiger partial charge in [-0.15, -0.1) is 12.6 Å². The molecule has 13 heavy (non-hydrogen) atoms. The van der Waals surface area contributed by atoms with Crippen molar-refractivity contribution in [3.63, 3.8) is 0 Å². The number of methoxy groups -OCH3 is 2. The largest absolute Gasteiger partial charge is 0.496 e. The van der Waals surface area contributed by atoms with E-state index in [0.29, 0.717) is 16.2 Å². The molecule has 0 radical (unpaired) electrons. The molecule has 0 aliphatic carbocycles. The van der Waals surface area contributed by atoms with Crippen LogP contribution in [0.5, 0.6) is 5.75 Å². The van der Waals surface area contributed by atoms with Gasteiger partial charge in [-0.1, -0.05) is 0 Å². The highest BCUT2D eigenvalue weighted by molar-refractivity contribution is 7.80. The van der Waals surface area contributed by atoms with Gasteiger partial charge in [0.2, 0.25) is 0 Å². The Morgan fingerprint density at radius 2 is 2.08 bits per heavy atom. The van der Waals surface area contributed by atoms with Crippen LogP contribution in [0.3, 0.4) is 0 Å². The van der Waals surface area contributed by atoms with Crippen LogP contribution in [0.4, 0.5) is 0 Å². The average molecular weight is 198 g/mol. The van der Waals surface area contributed by atoms with Crippen molar-refractivity contribution in [2.24, 2.45) is 0 Å². The first-order chi connectivity index (χ1) is 6.19. The molecule has 0 bridgehead atoms. The maximum atomic E-state index is 11.1. The quantitative estimate of drug-likeness (QED) is 0.581. The first kappa shape index (κ1) is 9.92. The fraction of sp³-hybridized carbons (Fsp3) is 0.222. The van der Waals surface area contributed by atoms with Gasteiger partial charge in [0.05, 0.1) is 19.8 Å². The lowest BCUT2D eigenvalue weighted by Gasteiger charge is -2.05.